The summed E-state index contributed by atoms with van der Waals surface area (Å²) in [6.07, 6.45) is 0. The van der Waals surface area contributed by atoms with Gasteiger partial charge in [0.2, 0.25) is 5.95 Å². The number of thiazole rings is 1. The molecule has 8 heteroatoms. The smallest absolute Gasteiger partial charge is 0.275 e. The number of aromatic nitrogens is 3. The van der Waals surface area contributed by atoms with Crippen LogP contribution in [0.2, 0.25) is 5.02 Å². The van der Waals surface area contributed by atoms with E-state index in [2.05, 4.69) is 25.6 Å². The first-order chi connectivity index (χ1) is 11.5. The first-order valence-corrected chi connectivity index (χ1v) is 8.37. The van der Waals surface area contributed by atoms with E-state index in [0.29, 0.717) is 27.5 Å². The van der Waals surface area contributed by atoms with Gasteiger partial charge in [-0.05, 0) is 44.2 Å². The van der Waals surface area contributed by atoms with Crippen LogP contribution in [0.5, 0.6) is 0 Å². The van der Waals surface area contributed by atoms with Crippen molar-refractivity contribution in [1.29, 1.82) is 0 Å². The van der Waals surface area contributed by atoms with Crippen molar-refractivity contribution < 1.29 is 4.79 Å². The topological polar surface area (TPSA) is 79.8 Å². The molecule has 0 aliphatic carbocycles. The third kappa shape index (κ3) is 4.06. The number of aryl methyl sites for hydroxylation is 2. The van der Waals surface area contributed by atoms with Crippen LogP contribution in [0, 0.1) is 13.8 Å². The Hall–Kier alpha value is -2.51. The van der Waals surface area contributed by atoms with E-state index in [1.54, 1.807) is 29.6 Å². The van der Waals surface area contributed by atoms with Crippen LogP contribution in [0.25, 0.3) is 0 Å². The summed E-state index contributed by atoms with van der Waals surface area (Å²) in [5, 5.41) is 8.63. The Morgan fingerprint density at radius 2 is 1.75 bits per heavy atom. The minimum absolute atomic E-state index is 0.289. The van der Waals surface area contributed by atoms with Gasteiger partial charge in [0.15, 0.2) is 5.13 Å². The molecule has 3 rings (SSSR count). The first kappa shape index (κ1) is 16.4. The third-order valence-corrected chi connectivity index (χ3v) is 4.05. The van der Waals surface area contributed by atoms with E-state index in [1.165, 1.54) is 11.3 Å². The van der Waals surface area contributed by atoms with E-state index >= 15 is 0 Å². The highest BCUT2D eigenvalue weighted by molar-refractivity contribution is 7.14. The molecular formula is C16H14ClN5OS. The van der Waals surface area contributed by atoms with Gasteiger partial charge in [0.1, 0.15) is 5.69 Å². The average Bonchev–Trinajstić information content (AvgIpc) is 2.97. The van der Waals surface area contributed by atoms with E-state index < -0.39 is 0 Å². The van der Waals surface area contributed by atoms with E-state index in [4.69, 9.17) is 11.6 Å². The standard InChI is InChI=1S/C16H14ClN5OS/c1-9-7-10(2)19-15(18-9)22-16-21-13(8-24-16)14(23)20-12-5-3-11(17)4-6-12/h3-8H,1-2H3,(H,20,23)(H,18,19,21,22). The molecule has 24 heavy (non-hydrogen) atoms. The van der Waals surface area contributed by atoms with Crippen molar-refractivity contribution in [3.05, 3.63) is 57.8 Å². The highest BCUT2D eigenvalue weighted by atomic mass is 35.5. The fourth-order valence-electron chi connectivity index (χ4n) is 2.04. The molecule has 3 aromatic rings. The van der Waals surface area contributed by atoms with Gasteiger partial charge in [0.25, 0.3) is 5.91 Å². The zero-order valence-corrected chi connectivity index (χ0v) is 14.6. The molecule has 122 valence electrons. The van der Waals surface area contributed by atoms with Gasteiger partial charge in [-0.25, -0.2) is 15.0 Å². The summed E-state index contributed by atoms with van der Waals surface area (Å²) in [6, 6.07) is 8.77. The summed E-state index contributed by atoms with van der Waals surface area (Å²) in [4.78, 5) is 25.1. The first-order valence-electron chi connectivity index (χ1n) is 7.11. The Labute approximate surface area is 148 Å². The fourth-order valence-corrected chi connectivity index (χ4v) is 2.85. The Kier molecular flexibility index (Phi) is 4.73. The molecule has 1 aromatic carbocycles. The lowest BCUT2D eigenvalue weighted by Gasteiger charge is -2.04. The quantitative estimate of drug-likeness (QED) is 0.729. The van der Waals surface area contributed by atoms with Crippen molar-refractivity contribution in [2.24, 2.45) is 0 Å². The number of amides is 1. The second-order valence-corrected chi connectivity index (χ2v) is 6.39. The van der Waals surface area contributed by atoms with Crippen molar-refractivity contribution in [1.82, 2.24) is 15.0 Å². The Balaban J connectivity index is 1.70. The van der Waals surface area contributed by atoms with Crippen molar-refractivity contribution in [3.8, 4) is 0 Å². The molecule has 2 aromatic heterocycles. The van der Waals surface area contributed by atoms with Crippen molar-refractivity contribution in [2.75, 3.05) is 10.6 Å². The lowest BCUT2D eigenvalue weighted by atomic mass is 10.3. The molecular weight excluding hydrogens is 346 g/mol. The SMILES string of the molecule is Cc1cc(C)nc(Nc2nc(C(=O)Nc3ccc(Cl)cc3)cs2)n1. The van der Waals surface area contributed by atoms with Gasteiger partial charge in [-0.15, -0.1) is 11.3 Å². The number of anilines is 3. The number of rotatable bonds is 4. The maximum Gasteiger partial charge on any atom is 0.275 e. The average molecular weight is 360 g/mol. The Morgan fingerprint density at radius 1 is 1.08 bits per heavy atom. The van der Waals surface area contributed by atoms with Crippen LogP contribution in [0.15, 0.2) is 35.7 Å². The zero-order chi connectivity index (χ0) is 17.1. The minimum atomic E-state index is -0.289. The molecule has 0 bridgehead atoms. The highest BCUT2D eigenvalue weighted by Gasteiger charge is 2.12. The van der Waals surface area contributed by atoms with Gasteiger partial charge in [-0.3, -0.25) is 4.79 Å². The number of nitrogens with zero attached hydrogens (tertiary/aromatic N) is 3. The number of nitrogens with one attached hydrogen (secondary N) is 2. The van der Waals surface area contributed by atoms with Gasteiger partial charge in [0, 0.05) is 27.5 Å². The highest BCUT2D eigenvalue weighted by Crippen LogP contribution is 2.20. The van der Waals surface area contributed by atoms with Gasteiger partial charge in [-0.2, -0.15) is 0 Å². The number of hydrogen-bond acceptors (Lipinski definition) is 6. The van der Waals surface area contributed by atoms with Crippen molar-refractivity contribution in [3.63, 3.8) is 0 Å². The van der Waals surface area contributed by atoms with Gasteiger partial charge >= 0.3 is 0 Å². The van der Waals surface area contributed by atoms with Crippen molar-refractivity contribution >= 4 is 45.6 Å². The number of hydrogen-bond donors (Lipinski definition) is 2. The fraction of sp³-hybridized carbons (Fsp3) is 0.125. The molecule has 0 radical (unpaired) electrons. The van der Waals surface area contributed by atoms with E-state index in [1.807, 2.05) is 19.9 Å². The molecule has 0 atom stereocenters. The molecule has 0 aliphatic heterocycles. The molecule has 0 fully saturated rings. The maximum atomic E-state index is 12.2. The van der Waals surface area contributed by atoms with Crippen LogP contribution in [-0.2, 0) is 0 Å². The monoisotopic (exact) mass is 359 g/mol. The largest absolute Gasteiger partial charge is 0.321 e. The number of benzene rings is 1. The van der Waals surface area contributed by atoms with Gasteiger partial charge < -0.3 is 10.6 Å². The molecule has 6 nitrogen and oxygen atoms in total. The predicted octanol–water partition coefficient (Wildman–Crippen LogP) is 4.20. The zero-order valence-electron chi connectivity index (χ0n) is 13.0. The summed E-state index contributed by atoms with van der Waals surface area (Å²) in [5.41, 5.74) is 2.70. The summed E-state index contributed by atoms with van der Waals surface area (Å²) in [7, 11) is 0. The number of carbonyl (C=O) groups excluding carboxylic acids is 1. The maximum absolute atomic E-state index is 12.2. The van der Waals surface area contributed by atoms with Crippen LogP contribution in [-0.4, -0.2) is 20.9 Å². The normalized spacial score (nSPS) is 10.5. The van der Waals surface area contributed by atoms with Crippen molar-refractivity contribution in [2.45, 2.75) is 13.8 Å². The van der Waals surface area contributed by atoms with Crippen LogP contribution in [0.4, 0.5) is 16.8 Å². The second-order valence-electron chi connectivity index (χ2n) is 5.10. The molecule has 0 unspecified atom stereocenters. The summed E-state index contributed by atoms with van der Waals surface area (Å²) in [6.45, 7) is 3.79. The van der Waals surface area contributed by atoms with Crippen LogP contribution >= 0.6 is 22.9 Å². The van der Waals surface area contributed by atoms with E-state index in [-0.39, 0.29) is 5.91 Å². The predicted molar refractivity (Wildman–Crippen MR) is 96.3 cm³/mol. The van der Waals surface area contributed by atoms with E-state index in [0.717, 1.165) is 11.4 Å². The number of carbonyl (C=O) groups is 1. The van der Waals surface area contributed by atoms with Crippen LogP contribution in [0.1, 0.15) is 21.9 Å². The Morgan fingerprint density at radius 3 is 2.42 bits per heavy atom. The number of halogens is 1. The Bertz CT molecular complexity index is 858. The molecule has 0 saturated heterocycles. The molecule has 0 saturated carbocycles. The minimum Gasteiger partial charge on any atom is -0.321 e. The van der Waals surface area contributed by atoms with Gasteiger partial charge in [0.05, 0.1) is 0 Å². The summed E-state index contributed by atoms with van der Waals surface area (Å²) in [5.74, 6) is 0.175. The molecule has 0 aliphatic rings. The molecule has 1 amide bonds. The lowest BCUT2D eigenvalue weighted by Crippen LogP contribution is -2.12. The second kappa shape index (κ2) is 6.94. The molecule has 0 spiro atoms. The van der Waals surface area contributed by atoms with Gasteiger partial charge in [-0.1, -0.05) is 11.6 Å². The van der Waals surface area contributed by atoms with Crippen LogP contribution < -0.4 is 10.6 Å². The third-order valence-electron chi connectivity index (χ3n) is 3.04. The molecule has 2 N–H and O–H groups in total. The summed E-state index contributed by atoms with van der Waals surface area (Å²) < 4.78 is 0. The van der Waals surface area contributed by atoms with Crippen LogP contribution in [0.3, 0.4) is 0 Å². The lowest BCUT2D eigenvalue weighted by molar-refractivity contribution is 0.102. The molecule has 2 heterocycles. The summed E-state index contributed by atoms with van der Waals surface area (Å²) >= 11 is 7.14. The van der Waals surface area contributed by atoms with E-state index in [9.17, 15) is 4.79 Å².